The smallest absolute Gasteiger partial charge is 0.344 e. The molecule has 3 N–H and O–H groups in total. The van der Waals surface area contributed by atoms with Gasteiger partial charge in [-0.15, -0.1) is 0 Å². The molecule has 0 unspecified atom stereocenters. The summed E-state index contributed by atoms with van der Waals surface area (Å²) in [7, 11) is 2.04. The third kappa shape index (κ3) is 2.64. The monoisotopic (exact) mass is 449 g/mol. The summed E-state index contributed by atoms with van der Waals surface area (Å²) in [6.07, 6.45) is 1.94. The van der Waals surface area contributed by atoms with Crippen molar-refractivity contribution in [3.8, 4) is 11.5 Å². The number of likely N-dealkylation sites (N-methyl/N-ethyl adjacent to an activating group) is 1. The van der Waals surface area contributed by atoms with E-state index in [-0.39, 0.29) is 17.6 Å². The Morgan fingerprint density at radius 2 is 2.03 bits per heavy atom. The maximum absolute atomic E-state index is 12.9. The van der Waals surface area contributed by atoms with Crippen LogP contribution in [0.5, 0.6) is 11.5 Å². The van der Waals surface area contributed by atoms with Gasteiger partial charge in [0.15, 0.2) is 23.7 Å². The minimum absolute atomic E-state index is 0.0194. The van der Waals surface area contributed by atoms with Crippen molar-refractivity contribution in [3.63, 3.8) is 0 Å². The van der Waals surface area contributed by atoms with Crippen LogP contribution in [0, 0.1) is 0 Å². The molecular formula is C26H27NO6. The van der Waals surface area contributed by atoms with Crippen LogP contribution in [0.1, 0.15) is 42.1 Å². The highest BCUT2D eigenvalue weighted by Gasteiger charge is 2.71. The number of hydrogen-bond donors (Lipinski definition) is 3. The highest BCUT2D eigenvalue weighted by molar-refractivity contribution is 5.77. The van der Waals surface area contributed by atoms with E-state index >= 15 is 0 Å². The van der Waals surface area contributed by atoms with Gasteiger partial charge in [-0.2, -0.15) is 0 Å². The number of aromatic hydroxyl groups is 1. The molecule has 2 heterocycles. The molecule has 2 aromatic rings. The van der Waals surface area contributed by atoms with E-state index in [1.54, 1.807) is 42.5 Å². The minimum Gasteiger partial charge on any atom is -0.504 e. The number of likely N-dealkylation sites (tertiary alicyclic amines) is 1. The van der Waals surface area contributed by atoms with E-state index in [0.29, 0.717) is 30.6 Å². The summed E-state index contributed by atoms with van der Waals surface area (Å²) >= 11 is 0. The second-order valence-corrected chi connectivity index (χ2v) is 9.69. The second kappa shape index (κ2) is 7.06. The molecule has 2 aromatic carbocycles. The SMILES string of the molecule is CN1CCC[C@]23c4c5ccc(O)c4O[C@H]2C(OC(=O)[C@@H](O)c2ccccc2)=CC[C@@]3(O)[C@H]1C5. The highest BCUT2D eigenvalue weighted by atomic mass is 16.6. The number of aliphatic hydroxyl groups is 2. The Labute approximate surface area is 191 Å². The number of hydrogen-bond acceptors (Lipinski definition) is 7. The van der Waals surface area contributed by atoms with Crippen molar-refractivity contribution >= 4 is 5.97 Å². The van der Waals surface area contributed by atoms with Crippen molar-refractivity contribution in [2.75, 3.05) is 13.6 Å². The molecule has 4 aliphatic rings. The Kier molecular flexibility index (Phi) is 4.43. The molecule has 1 fully saturated rings. The van der Waals surface area contributed by atoms with Gasteiger partial charge in [-0.1, -0.05) is 36.4 Å². The second-order valence-electron chi connectivity index (χ2n) is 9.69. The fourth-order valence-corrected chi connectivity index (χ4v) is 6.64. The molecule has 33 heavy (non-hydrogen) atoms. The summed E-state index contributed by atoms with van der Waals surface area (Å²) in [6, 6.07) is 12.0. The van der Waals surface area contributed by atoms with Crippen LogP contribution < -0.4 is 4.74 Å². The van der Waals surface area contributed by atoms with Gasteiger partial charge in [0.1, 0.15) is 5.76 Å². The maximum atomic E-state index is 12.9. The Balaban J connectivity index is 1.44. The summed E-state index contributed by atoms with van der Waals surface area (Å²) < 4.78 is 12.1. The average Bonchev–Trinajstić information content (AvgIpc) is 3.16. The minimum atomic E-state index is -1.43. The van der Waals surface area contributed by atoms with Crippen LogP contribution in [-0.2, 0) is 21.4 Å². The summed E-state index contributed by atoms with van der Waals surface area (Å²) in [5.41, 5.74) is 0.352. The lowest BCUT2D eigenvalue weighted by atomic mass is 9.52. The average molecular weight is 450 g/mol. The summed E-state index contributed by atoms with van der Waals surface area (Å²) in [4.78, 5) is 15.1. The van der Waals surface area contributed by atoms with Gasteiger partial charge in [0, 0.05) is 18.0 Å². The molecule has 2 aliphatic heterocycles. The largest absolute Gasteiger partial charge is 0.504 e. The molecule has 1 spiro atoms. The summed E-state index contributed by atoms with van der Waals surface area (Å²) in [5.74, 6) is -0.125. The van der Waals surface area contributed by atoms with Crippen molar-refractivity contribution in [1.82, 2.24) is 4.90 Å². The molecule has 0 aromatic heterocycles. The number of phenolic OH excluding ortho intramolecular Hbond substituents is 1. The number of carbonyl (C=O) groups is 1. The first kappa shape index (κ1) is 20.7. The third-order valence-corrected chi connectivity index (χ3v) is 8.13. The quantitative estimate of drug-likeness (QED) is 0.619. The Hall–Kier alpha value is -2.87. The van der Waals surface area contributed by atoms with E-state index in [1.807, 2.05) is 13.1 Å². The number of phenols is 1. The van der Waals surface area contributed by atoms with Gasteiger partial charge in [-0.3, -0.25) is 0 Å². The van der Waals surface area contributed by atoms with E-state index in [2.05, 4.69) is 4.90 Å². The lowest BCUT2D eigenvalue weighted by molar-refractivity contribution is -0.158. The molecule has 6 rings (SSSR count). The number of ether oxygens (including phenoxy) is 2. The molecular weight excluding hydrogens is 422 g/mol. The molecule has 0 saturated carbocycles. The van der Waals surface area contributed by atoms with Crippen molar-refractivity contribution in [1.29, 1.82) is 0 Å². The third-order valence-electron chi connectivity index (χ3n) is 8.13. The normalized spacial score (nSPS) is 32.8. The lowest BCUT2D eigenvalue weighted by Gasteiger charge is -2.56. The zero-order valence-corrected chi connectivity index (χ0v) is 18.4. The number of esters is 1. The van der Waals surface area contributed by atoms with Crippen LogP contribution in [-0.4, -0.2) is 57.5 Å². The molecule has 0 amide bonds. The van der Waals surface area contributed by atoms with Gasteiger partial charge in [0.2, 0.25) is 0 Å². The molecule has 7 nitrogen and oxygen atoms in total. The molecule has 0 radical (unpaired) electrons. The number of carbonyl (C=O) groups excluding carboxylic acids is 1. The first-order valence-electron chi connectivity index (χ1n) is 11.5. The van der Waals surface area contributed by atoms with Crippen LogP contribution >= 0.6 is 0 Å². The maximum Gasteiger partial charge on any atom is 0.344 e. The predicted molar refractivity (Wildman–Crippen MR) is 119 cm³/mol. The zero-order chi connectivity index (χ0) is 23.0. The molecule has 5 atom stereocenters. The van der Waals surface area contributed by atoms with E-state index in [0.717, 1.165) is 24.1 Å². The first-order chi connectivity index (χ1) is 15.9. The van der Waals surface area contributed by atoms with Crippen molar-refractivity contribution in [3.05, 3.63) is 71.0 Å². The molecule has 2 bridgehead atoms. The van der Waals surface area contributed by atoms with Crippen LogP contribution in [0.15, 0.2) is 54.3 Å². The van der Waals surface area contributed by atoms with Gasteiger partial charge < -0.3 is 29.7 Å². The van der Waals surface area contributed by atoms with Gasteiger partial charge >= 0.3 is 5.97 Å². The van der Waals surface area contributed by atoms with E-state index in [1.165, 1.54) is 0 Å². The van der Waals surface area contributed by atoms with Crippen molar-refractivity contribution < 1.29 is 29.6 Å². The first-order valence-corrected chi connectivity index (χ1v) is 11.5. The fourth-order valence-electron chi connectivity index (χ4n) is 6.64. The molecule has 2 aliphatic carbocycles. The van der Waals surface area contributed by atoms with Crippen LogP contribution in [0.4, 0.5) is 0 Å². The number of benzene rings is 2. The topological polar surface area (TPSA) is 99.5 Å². The predicted octanol–water partition coefficient (Wildman–Crippen LogP) is 2.34. The molecule has 7 heteroatoms. The Morgan fingerprint density at radius 3 is 2.82 bits per heavy atom. The van der Waals surface area contributed by atoms with Gasteiger partial charge in [-0.25, -0.2) is 4.79 Å². The van der Waals surface area contributed by atoms with E-state index in [4.69, 9.17) is 9.47 Å². The lowest BCUT2D eigenvalue weighted by Crippen LogP contribution is -2.69. The number of rotatable bonds is 3. The number of aliphatic hydroxyl groups excluding tert-OH is 1. The van der Waals surface area contributed by atoms with Gasteiger partial charge in [-0.05, 0) is 56.1 Å². The Bertz CT molecular complexity index is 1160. The standard InChI is InChI=1S/C26H27NO6/c1-27-13-5-11-25-20-16-8-9-17(28)22(20)33-23(25)18(10-12-26(25,31)19(27)14-16)32-24(30)21(29)15-6-3-2-4-7-15/h2-4,6-10,19,21,23,28-29,31H,5,11-14H2,1H3/t19-,21+,23+,25+,26-/m1/s1. The summed E-state index contributed by atoms with van der Waals surface area (Å²) in [5, 5.41) is 33.4. The van der Waals surface area contributed by atoms with Gasteiger partial charge in [0.05, 0.1) is 11.0 Å². The summed E-state index contributed by atoms with van der Waals surface area (Å²) in [6.45, 7) is 0.832. The van der Waals surface area contributed by atoms with Crippen LogP contribution in [0.25, 0.3) is 0 Å². The fraction of sp³-hybridized carbons (Fsp3) is 0.423. The van der Waals surface area contributed by atoms with Crippen molar-refractivity contribution in [2.45, 2.75) is 54.9 Å². The van der Waals surface area contributed by atoms with Crippen LogP contribution in [0.2, 0.25) is 0 Å². The zero-order valence-electron chi connectivity index (χ0n) is 18.4. The van der Waals surface area contributed by atoms with Crippen LogP contribution in [0.3, 0.4) is 0 Å². The van der Waals surface area contributed by atoms with Gasteiger partial charge in [0.25, 0.3) is 0 Å². The van der Waals surface area contributed by atoms with E-state index in [9.17, 15) is 20.1 Å². The van der Waals surface area contributed by atoms with E-state index < -0.39 is 29.2 Å². The highest BCUT2D eigenvalue weighted by Crippen LogP contribution is 2.64. The number of nitrogens with zero attached hydrogens (tertiary/aromatic N) is 1. The molecule has 172 valence electrons. The Morgan fingerprint density at radius 1 is 1.24 bits per heavy atom. The molecule has 1 saturated heterocycles. The van der Waals surface area contributed by atoms with Crippen molar-refractivity contribution in [2.24, 2.45) is 0 Å².